The van der Waals surface area contributed by atoms with Gasteiger partial charge in [0.25, 0.3) is 0 Å². The second kappa shape index (κ2) is 4.12. The fourth-order valence-corrected chi connectivity index (χ4v) is 1.34. The van der Waals surface area contributed by atoms with Crippen molar-refractivity contribution >= 4 is 39.1 Å². The first-order chi connectivity index (χ1) is 6.31. The van der Waals surface area contributed by atoms with E-state index in [-0.39, 0.29) is 14.6 Å². The molecule has 0 aliphatic rings. The van der Waals surface area contributed by atoms with E-state index in [2.05, 4.69) is 25.7 Å². The summed E-state index contributed by atoms with van der Waals surface area (Å²) >= 11 is 13.7. The monoisotopic (exact) mass is 309 g/mol. The lowest BCUT2D eigenvalue weighted by molar-refractivity contribution is -0.274. The Bertz CT molecular complexity index is 358. The fraction of sp³-hybridized carbons (Fsp3) is 0.167. The molecule has 1 aromatic heterocycles. The van der Waals surface area contributed by atoms with Gasteiger partial charge in [0, 0.05) is 0 Å². The molecule has 2 nitrogen and oxygen atoms in total. The summed E-state index contributed by atoms with van der Waals surface area (Å²) < 4.78 is 39.2. The molecule has 1 heterocycles. The summed E-state index contributed by atoms with van der Waals surface area (Å²) in [7, 11) is 0. The van der Waals surface area contributed by atoms with Crippen LogP contribution in [-0.2, 0) is 0 Å². The second-order valence-electron chi connectivity index (χ2n) is 2.09. The van der Waals surface area contributed by atoms with Gasteiger partial charge in [0.1, 0.15) is 14.6 Å². The Kier molecular flexibility index (Phi) is 3.49. The van der Waals surface area contributed by atoms with E-state index < -0.39 is 12.1 Å². The lowest BCUT2D eigenvalue weighted by Crippen LogP contribution is -2.17. The molecule has 0 bridgehead atoms. The number of halogens is 6. The molecule has 1 rings (SSSR count). The molecular formula is C6HBrCl2F3NO. The van der Waals surface area contributed by atoms with Crippen LogP contribution < -0.4 is 4.74 Å². The zero-order valence-corrected chi connectivity index (χ0v) is 9.30. The summed E-state index contributed by atoms with van der Waals surface area (Å²) in [6.45, 7) is 0. The van der Waals surface area contributed by atoms with Gasteiger partial charge in [-0.05, 0) is 15.9 Å². The number of pyridine rings is 1. The molecule has 0 aliphatic heterocycles. The van der Waals surface area contributed by atoms with Crippen molar-refractivity contribution < 1.29 is 17.9 Å². The van der Waals surface area contributed by atoms with Crippen LogP contribution in [0.15, 0.2) is 10.8 Å². The SMILES string of the molecule is FC(F)(F)Oc1c(Cl)cnc(Br)c1Cl. The average molecular weight is 311 g/mol. The van der Waals surface area contributed by atoms with Crippen LogP contribution in [0.25, 0.3) is 0 Å². The topological polar surface area (TPSA) is 22.1 Å². The van der Waals surface area contributed by atoms with Crippen molar-refractivity contribution in [3.63, 3.8) is 0 Å². The van der Waals surface area contributed by atoms with E-state index in [9.17, 15) is 13.2 Å². The summed E-state index contributed by atoms with van der Waals surface area (Å²) in [5.74, 6) is -0.664. The van der Waals surface area contributed by atoms with Crippen LogP contribution in [0.2, 0.25) is 10.0 Å². The molecule has 0 radical (unpaired) electrons. The number of ether oxygens (including phenoxy) is 1. The van der Waals surface area contributed by atoms with E-state index in [0.29, 0.717) is 0 Å². The molecule has 0 unspecified atom stereocenters. The van der Waals surface area contributed by atoms with Gasteiger partial charge in [-0.25, -0.2) is 4.98 Å². The van der Waals surface area contributed by atoms with Gasteiger partial charge in [-0.15, -0.1) is 13.2 Å². The smallest absolute Gasteiger partial charge is 0.402 e. The van der Waals surface area contributed by atoms with E-state index in [1.807, 2.05) is 0 Å². The number of aromatic nitrogens is 1. The second-order valence-corrected chi connectivity index (χ2v) is 3.62. The minimum atomic E-state index is -4.84. The van der Waals surface area contributed by atoms with Crippen molar-refractivity contribution in [3.05, 3.63) is 20.8 Å². The van der Waals surface area contributed by atoms with Crippen LogP contribution in [-0.4, -0.2) is 11.3 Å². The predicted octanol–water partition coefficient (Wildman–Crippen LogP) is 4.05. The maximum atomic E-state index is 11.9. The zero-order valence-electron chi connectivity index (χ0n) is 6.20. The standard InChI is InChI=1S/C6HBrCl2F3NO/c7-5-3(9)4(2(8)1-13-5)14-6(10,11)12/h1H. The molecule has 0 fully saturated rings. The molecule has 0 aromatic carbocycles. The van der Waals surface area contributed by atoms with Crippen LogP contribution in [0.1, 0.15) is 0 Å². The number of hydrogen-bond donors (Lipinski definition) is 0. The average Bonchev–Trinajstić information content (AvgIpc) is 2.04. The summed E-state index contributed by atoms with van der Waals surface area (Å²) in [6, 6.07) is 0. The Hall–Kier alpha value is -0.200. The Balaban J connectivity index is 3.13. The number of rotatable bonds is 1. The molecule has 78 valence electrons. The lowest BCUT2D eigenvalue weighted by atomic mass is 10.4. The molecule has 0 amide bonds. The van der Waals surface area contributed by atoms with Crippen molar-refractivity contribution in [1.29, 1.82) is 0 Å². The molecular weight excluding hydrogens is 310 g/mol. The van der Waals surface area contributed by atoms with Crippen molar-refractivity contribution in [2.45, 2.75) is 6.36 Å². The first-order valence-corrected chi connectivity index (χ1v) is 4.61. The van der Waals surface area contributed by atoms with Crippen molar-refractivity contribution in [3.8, 4) is 5.75 Å². The molecule has 0 atom stereocenters. The third kappa shape index (κ3) is 2.90. The Labute approximate surface area is 95.1 Å². The molecule has 0 saturated heterocycles. The molecule has 0 spiro atoms. The van der Waals surface area contributed by atoms with Gasteiger partial charge in [0.2, 0.25) is 0 Å². The van der Waals surface area contributed by atoms with E-state index in [1.54, 1.807) is 0 Å². The highest BCUT2D eigenvalue weighted by atomic mass is 79.9. The van der Waals surface area contributed by atoms with Crippen molar-refractivity contribution in [2.24, 2.45) is 0 Å². The van der Waals surface area contributed by atoms with Gasteiger partial charge >= 0.3 is 6.36 Å². The first kappa shape index (κ1) is 11.9. The maximum Gasteiger partial charge on any atom is 0.573 e. The zero-order chi connectivity index (χ0) is 10.9. The fourth-order valence-electron chi connectivity index (χ4n) is 0.636. The summed E-state index contributed by atoms with van der Waals surface area (Å²) in [4.78, 5) is 3.57. The molecule has 0 saturated carbocycles. The van der Waals surface area contributed by atoms with E-state index in [4.69, 9.17) is 23.2 Å². The number of nitrogens with zero attached hydrogens (tertiary/aromatic N) is 1. The van der Waals surface area contributed by atoms with Crippen molar-refractivity contribution in [1.82, 2.24) is 4.98 Å². The van der Waals surface area contributed by atoms with Crippen molar-refractivity contribution in [2.75, 3.05) is 0 Å². The molecule has 0 N–H and O–H groups in total. The van der Waals surface area contributed by atoms with Crippen LogP contribution in [0.5, 0.6) is 5.75 Å². The van der Waals surface area contributed by atoms with E-state index >= 15 is 0 Å². The van der Waals surface area contributed by atoms with Gasteiger partial charge < -0.3 is 4.74 Å². The summed E-state index contributed by atoms with van der Waals surface area (Å²) in [5, 5.41) is -0.634. The Morgan fingerprint density at radius 3 is 2.43 bits per heavy atom. The third-order valence-electron chi connectivity index (χ3n) is 1.11. The van der Waals surface area contributed by atoms with Gasteiger partial charge in [-0.1, -0.05) is 23.2 Å². The van der Waals surface area contributed by atoms with E-state index in [1.165, 1.54) is 0 Å². The van der Waals surface area contributed by atoms with E-state index in [0.717, 1.165) is 6.20 Å². The highest BCUT2D eigenvalue weighted by Gasteiger charge is 2.33. The number of alkyl halides is 3. The van der Waals surface area contributed by atoms with Crippen LogP contribution >= 0.6 is 39.1 Å². The van der Waals surface area contributed by atoms with Gasteiger partial charge in [0.15, 0.2) is 5.75 Å². The first-order valence-electron chi connectivity index (χ1n) is 3.06. The normalized spacial score (nSPS) is 11.6. The minimum absolute atomic E-state index is 0.0304. The molecule has 1 aromatic rings. The highest BCUT2D eigenvalue weighted by Crippen LogP contribution is 2.39. The highest BCUT2D eigenvalue weighted by molar-refractivity contribution is 9.10. The van der Waals surface area contributed by atoms with Gasteiger partial charge in [0.05, 0.1) is 6.20 Å². The molecule has 14 heavy (non-hydrogen) atoms. The quantitative estimate of drug-likeness (QED) is 0.730. The minimum Gasteiger partial charge on any atom is -0.402 e. The van der Waals surface area contributed by atoms with Gasteiger partial charge in [-0.3, -0.25) is 0 Å². The Morgan fingerprint density at radius 1 is 1.36 bits per heavy atom. The van der Waals surface area contributed by atoms with Gasteiger partial charge in [-0.2, -0.15) is 0 Å². The maximum absolute atomic E-state index is 11.9. The summed E-state index contributed by atoms with van der Waals surface area (Å²) in [6.07, 6.45) is -3.84. The largest absolute Gasteiger partial charge is 0.573 e. The summed E-state index contributed by atoms with van der Waals surface area (Å²) in [5.41, 5.74) is 0. The number of hydrogen-bond acceptors (Lipinski definition) is 2. The van der Waals surface area contributed by atoms with Crippen LogP contribution in [0, 0.1) is 0 Å². The molecule has 8 heteroatoms. The molecule has 0 aliphatic carbocycles. The predicted molar refractivity (Wildman–Crippen MR) is 48.6 cm³/mol. The van der Waals surface area contributed by atoms with Crippen LogP contribution in [0.4, 0.5) is 13.2 Å². The van der Waals surface area contributed by atoms with Crippen LogP contribution in [0.3, 0.4) is 0 Å². The third-order valence-corrected chi connectivity index (χ3v) is 2.56. The lowest BCUT2D eigenvalue weighted by Gasteiger charge is -2.11. The Morgan fingerprint density at radius 2 is 1.93 bits per heavy atom.